The van der Waals surface area contributed by atoms with Crippen molar-refractivity contribution in [1.29, 1.82) is 0 Å². The van der Waals surface area contributed by atoms with Gasteiger partial charge in [-0.3, -0.25) is 0 Å². The first-order valence-electron chi connectivity index (χ1n) is 21.0. The molecule has 13 rings (SSSR count). The lowest BCUT2D eigenvalue weighted by molar-refractivity contribution is -0.142. The molecule has 1 aliphatic heterocycles. The SMILES string of the molecule is CC1(c2nc(-c3ccccc3-c3ccc4c(c3)Oc3ccccc3C43c4ccccc4-c4ccccc43)nc(-c3cccc4ccccc34)n2)CC2CC3C[C@H](C1)C32. The highest BCUT2D eigenvalue weighted by Crippen LogP contribution is 2.67. The Morgan fingerprint density at radius 2 is 1.05 bits per heavy atom. The first-order chi connectivity index (χ1) is 28.6. The molecule has 1 aromatic heterocycles. The summed E-state index contributed by atoms with van der Waals surface area (Å²) in [7, 11) is 0. The van der Waals surface area contributed by atoms with Crippen molar-refractivity contribution in [2.24, 2.45) is 23.7 Å². The van der Waals surface area contributed by atoms with Crippen molar-refractivity contribution < 1.29 is 4.74 Å². The molecule has 2 heterocycles. The molecule has 0 radical (unpaired) electrons. The van der Waals surface area contributed by atoms with E-state index in [-0.39, 0.29) is 5.41 Å². The van der Waals surface area contributed by atoms with Crippen LogP contribution < -0.4 is 4.74 Å². The van der Waals surface area contributed by atoms with E-state index < -0.39 is 5.41 Å². The van der Waals surface area contributed by atoms with Crippen LogP contribution in [0.25, 0.3) is 55.8 Å². The molecule has 8 aromatic rings. The Hall–Kier alpha value is -6.39. The van der Waals surface area contributed by atoms with Crippen LogP contribution in [0, 0.1) is 23.7 Å². The van der Waals surface area contributed by atoms with E-state index in [0.717, 1.165) is 98.7 Å². The summed E-state index contributed by atoms with van der Waals surface area (Å²) in [6.45, 7) is 2.43. The molecule has 4 unspecified atom stereocenters. The number of hydrogen-bond acceptors (Lipinski definition) is 4. The van der Waals surface area contributed by atoms with Crippen LogP contribution in [0.4, 0.5) is 0 Å². The zero-order chi connectivity index (χ0) is 38.2. The lowest BCUT2D eigenvalue weighted by Crippen LogP contribution is -2.58. The average Bonchev–Trinajstić information content (AvgIpc) is 3.55. The van der Waals surface area contributed by atoms with Crippen molar-refractivity contribution >= 4 is 10.8 Å². The molecule has 7 aromatic carbocycles. The van der Waals surface area contributed by atoms with Gasteiger partial charge in [-0.05, 0) is 106 Å². The van der Waals surface area contributed by atoms with Gasteiger partial charge < -0.3 is 4.74 Å². The second-order valence-electron chi connectivity index (χ2n) is 17.8. The predicted molar refractivity (Wildman–Crippen MR) is 231 cm³/mol. The molecular weight excluding hydrogens is 707 g/mol. The van der Waals surface area contributed by atoms with Gasteiger partial charge in [0.2, 0.25) is 0 Å². The quantitative estimate of drug-likeness (QED) is 0.180. The summed E-state index contributed by atoms with van der Waals surface area (Å²) < 4.78 is 6.93. The van der Waals surface area contributed by atoms with Crippen LogP contribution in [0.5, 0.6) is 11.5 Å². The van der Waals surface area contributed by atoms with Crippen molar-refractivity contribution in [2.45, 2.75) is 43.4 Å². The van der Waals surface area contributed by atoms with E-state index >= 15 is 0 Å². The molecule has 58 heavy (non-hydrogen) atoms. The second-order valence-corrected chi connectivity index (χ2v) is 17.8. The zero-order valence-corrected chi connectivity index (χ0v) is 32.4. The maximum Gasteiger partial charge on any atom is 0.164 e. The number of para-hydroxylation sites is 1. The van der Waals surface area contributed by atoms with E-state index in [1.54, 1.807) is 0 Å². The Balaban J connectivity index is 0.996. The van der Waals surface area contributed by atoms with Gasteiger partial charge in [0.05, 0.1) is 5.41 Å². The van der Waals surface area contributed by atoms with Crippen LogP contribution in [-0.4, -0.2) is 15.0 Å². The van der Waals surface area contributed by atoms with Gasteiger partial charge in [0.15, 0.2) is 11.6 Å². The Labute approximate surface area is 338 Å². The molecule has 0 N–H and O–H groups in total. The molecule has 278 valence electrons. The predicted octanol–water partition coefficient (Wildman–Crippen LogP) is 12.8. The smallest absolute Gasteiger partial charge is 0.164 e. The van der Waals surface area contributed by atoms with E-state index in [0.29, 0.717) is 0 Å². The summed E-state index contributed by atoms with van der Waals surface area (Å²) in [4.78, 5) is 16.3. The summed E-state index contributed by atoms with van der Waals surface area (Å²) in [6.07, 6.45) is 5.05. The van der Waals surface area contributed by atoms with Gasteiger partial charge in [-0.1, -0.05) is 153 Å². The fraction of sp³-hybridized carbons (Fsp3) is 0.204. The van der Waals surface area contributed by atoms with E-state index in [2.05, 4.69) is 165 Å². The molecule has 3 saturated carbocycles. The maximum absolute atomic E-state index is 6.93. The molecular formula is C54H41N3O. The van der Waals surface area contributed by atoms with Crippen LogP contribution in [0.15, 0.2) is 158 Å². The molecule has 0 saturated heterocycles. The first-order valence-corrected chi connectivity index (χ1v) is 21.0. The Bertz CT molecular complexity index is 2950. The van der Waals surface area contributed by atoms with Crippen molar-refractivity contribution in [1.82, 2.24) is 15.0 Å². The number of fused-ring (bicyclic) bond motifs is 10. The molecule has 0 amide bonds. The number of nitrogens with zero attached hydrogens (tertiary/aromatic N) is 3. The molecule has 1 spiro atoms. The van der Waals surface area contributed by atoms with Gasteiger partial charge in [0.1, 0.15) is 17.3 Å². The monoisotopic (exact) mass is 747 g/mol. The van der Waals surface area contributed by atoms with E-state index in [4.69, 9.17) is 19.7 Å². The Kier molecular flexibility index (Phi) is 6.66. The number of rotatable bonds is 4. The average molecular weight is 748 g/mol. The largest absolute Gasteiger partial charge is 0.457 e. The molecule has 4 aliphatic carbocycles. The van der Waals surface area contributed by atoms with Crippen LogP contribution in [0.3, 0.4) is 0 Å². The van der Waals surface area contributed by atoms with Crippen LogP contribution >= 0.6 is 0 Å². The Morgan fingerprint density at radius 3 is 1.79 bits per heavy atom. The molecule has 5 aliphatic rings. The fourth-order valence-corrected chi connectivity index (χ4v) is 12.4. The summed E-state index contributed by atoms with van der Waals surface area (Å²) in [5.41, 5.74) is 11.1. The van der Waals surface area contributed by atoms with Crippen molar-refractivity contribution in [3.8, 4) is 56.5 Å². The fourth-order valence-electron chi connectivity index (χ4n) is 12.4. The minimum absolute atomic E-state index is 0.0988. The summed E-state index contributed by atoms with van der Waals surface area (Å²) in [6, 6.07) is 56.9. The van der Waals surface area contributed by atoms with Crippen LogP contribution in [0.1, 0.15) is 60.7 Å². The third kappa shape index (κ3) is 4.38. The van der Waals surface area contributed by atoms with Crippen molar-refractivity contribution in [2.75, 3.05) is 0 Å². The third-order valence-electron chi connectivity index (χ3n) is 14.8. The van der Waals surface area contributed by atoms with E-state index in [1.165, 1.54) is 46.0 Å². The standard InChI is InChI=1S/C54H41N3O/c1-53(30-35-27-34-28-36(31-53)49(34)35)52-56-50(55-51(57-52)42-20-12-14-32-13-2-3-15-37(32)42)41-19-5-4-16-38(41)33-25-26-46-48(29-33)58-47-24-11-10-23-45(47)54(46)43-21-8-6-17-39(43)40-18-7-9-22-44(40)54/h2-26,29,34-36,49H,27-28,30-31H2,1H3/t34?,35-,36?,49?,53?/m1/s1. The van der Waals surface area contributed by atoms with Gasteiger partial charge >= 0.3 is 0 Å². The van der Waals surface area contributed by atoms with E-state index in [1.807, 2.05) is 0 Å². The van der Waals surface area contributed by atoms with Gasteiger partial charge in [-0.15, -0.1) is 0 Å². The summed E-state index contributed by atoms with van der Waals surface area (Å²) >= 11 is 0. The minimum atomic E-state index is -0.499. The normalized spacial score (nSPS) is 23.7. The minimum Gasteiger partial charge on any atom is -0.457 e. The number of benzene rings is 7. The zero-order valence-electron chi connectivity index (χ0n) is 32.4. The first kappa shape index (κ1) is 32.7. The molecule has 5 atom stereocenters. The van der Waals surface area contributed by atoms with Crippen LogP contribution in [0.2, 0.25) is 0 Å². The highest BCUT2D eigenvalue weighted by atomic mass is 16.5. The number of ether oxygens (including phenoxy) is 1. The molecule has 3 fully saturated rings. The molecule has 4 heteroatoms. The summed E-state index contributed by atoms with van der Waals surface area (Å²) in [5.74, 6) is 7.65. The van der Waals surface area contributed by atoms with E-state index in [9.17, 15) is 0 Å². The van der Waals surface area contributed by atoms with Gasteiger partial charge in [-0.25, -0.2) is 15.0 Å². The van der Waals surface area contributed by atoms with Gasteiger partial charge in [-0.2, -0.15) is 0 Å². The number of hydrogen-bond donors (Lipinski definition) is 0. The van der Waals surface area contributed by atoms with Crippen LogP contribution in [-0.2, 0) is 10.8 Å². The van der Waals surface area contributed by atoms with Crippen molar-refractivity contribution in [3.63, 3.8) is 0 Å². The highest BCUT2D eigenvalue weighted by Gasteiger charge is 2.60. The Morgan fingerprint density at radius 1 is 0.483 bits per heavy atom. The lowest BCUT2D eigenvalue weighted by Gasteiger charge is -2.65. The maximum atomic E-state index is 6.93. The van der Waals surface area contributed by atoms with Gasteiger partial charge in [0.25, 0.3) is 0 Å². The topological polar surface area (TPSA) is 47.9 Å². The third-order valence-corrected chi connectivity index (χ3v) is 14.8. The van der Waals surface area contributed by atoms with Gasteiger partial charge in [0, 0.05) is 27.7 Å². The second kappa shape index (κ2) is 11.8. The molecule has 4 nitrogen and oxygen atoms in total. The van der Waals surface area contributed by atoms with Crippen molar-refractivity contribution in [3.05, 3.63) is 186 Å². The highest BCUT2D eigenvalue weighted by molar-refractivity contribution is 5.95. The molecule has 0 bridgehead atoms. The number of aromatic nitrogens is 3. The summed E-state index contributed by atoms with van der Waals surface area (Å²) in [5, 5.41) is 2.35. The lowest BCUT2D eigenvalue weighted by atomic mass is 9.40.